The molecule has 0 heterocycles. The monoisotopic (exact) mass is 242 g/mol. The Morgan fingerprint density at radius 2 is 1.72 bits per heavy atom. The van der Waals surface area contributed by atoms with Crippen LogP contribution in [0, 0.1) is 13.8 Å². The fourth-order valence-corrected chi connectivity index (χ4v) is 2.11. The molecule has 0 amide bonds. The van der Waals surface area contributed by atoms with Crippen molar-refractivity contribution in [2.45, 2.75) is 20.0 Å². The van der Waals surface area contributed by atoms with E-state index in [9.17, 15) is 5.11 Å². The van der Waals surface area contributed by atoms with Crippen LogP contribution >= 0.6 is 0 Å². The van der Waals surface area contributed by atoms with Gasteiger partial charge in [0.15, 0.2) is 0 Å². The molecule has 0 spiro atoms. The molecule has 2 rings (SSSR count). The topological polar surface area (TPSA) is 29.5 Å². The highest BCUT2D eigenvalue weighted by atomic mass is 16.5. The lowest BCUT2D eigenvalue weighted by Crippen LogP contribution is -2.04. The van der Waals surface area contributed by atoms with Crippen molar-refractivity contribution in [1.29, 1.82) is 0 Å². The molecule has 0 aliphatic rings. The van der Waals surface area contributed by atoms with E-state index in [0.717, 1.165) is 22.3 Å². The Hall–Kier alpha value is -1.80. The zero-order valence-electron chi connectivity index (χ0n) is 11.0. The summed E-state index contributed by atoms with van der Waals surface area (Å²) in [5.74, 6) is 0.714. The number of ether oxygens (including phenoxy) is 1. The number of hydrogen-bond donors (Lipinski definition) is 1. The van der Waals surface area contributed by atoms with Crippen LogP contribution < -0.4 is 4.74 Å². The Labute approximate surface area is 108 Å². The van der Waals surface area contributed by atoms with Crippen molar-refractivity contribution in [3.8, 4) is 5.75 Å². The Balaban J connectivity index is 2.47. The Kier molecular flexibility index (Phi) is 3.68. The molecular weight excluding hydrogens is 224 g/mol. The SMILES string of the molecule is COc1ccccc1C(O)c1cc(C)ccc1C. The number of methoxy groups -OCH3 is 1. The van der Waals surface area contributed by atoms with Crippen LogP contribution in [0.1, 0.15) is 28.4 Å². The third kappa shape index (κ3) is 2.39. The number of hydrogen-bond acceptors (Lipinski definition) is 2. The normalized spacial score (nSPS) is 12.2. The van der Waals surface area contributed by atoms with Crippen LogP contribution in [-0.2, 0) is 0 Å². The van der Waals surface area contributed by atoms with Crippen LogP contribution in [0.3, 0.4) is 0 Å². The van der Waals surface area contributed by atoms with Gasteiger partial charge in [0, 0.05) is 5.56 Å². The molecule has 18 heavy (non-hydrogen) atoms. The van der Waals surface area contributed by atoms with Gasteiger partial charge in [-0.3, -0.25) is 0 Å². The molecule has 0 aliphatic carbocycles. The Morgan fingerprint density at radius 3 is 2.44 bits per heavy atom. The minimum absolute atomic E-state index is 0.652. The largest absolute Gasteiger partial charge is 0.496 e. The van der Waals surface area contributed by atoms with Gasteiger partial charge in [-0.1, -0.05) is 42.0 Å². The van der Waals surface area contributed by atoms with E-state index in [4.69, 9.17) is 4.74 Å². The van der Waals surface area contributed by atoms with Crippen LogP contribution in [0.4, 0.5) is 0 Å². The van der Waals surface area contributed by atoms with E-state index in [0.29, 0.717) is 5.75 Å². The first-order valence-electron chi connectivity index (χ1n) is 6.01. The molecule has 0 saturated carbocycles. The van der Waals surface area contributed by atoms with E-state index in [1.165, 1.54) is 0 Å². The smallest absolute Gasteiger partial charge is 0.125 e. The number of para-hydroxylation sites is 1. The lowest BCUT2D eigenvalue weighted by Gasteiger charge is -2.17. The van der Waals surface area contributed by atoms with Crippen LogP contribution in [0.25, 0.3) is 0 Å². The molecule has 1 N–H and O–H groups in total. The van der Waals surface area contributed by atoms with Crippen molar-refractivity contribution in [2.75, 3.05) is 7.11 Å². The number of benzene rings is 2. The first-order valence-corrected chi connectivity index (χ1v) is 6.01. The van der Waals surface area contributed by atoms with Gasteiger partial charge in [-0.2, -0.15) is 0 Å². The third-order valence-electron chi connectivity index (χ3n) is 3.16. The Bertz CT molecular complexity index is 547. The minimum atomic E-state index is -0.652. The van der Waals surface area contributed by atoms with E-state index in [2.05, 4.69) is 0 Å². The molecule has 2 nitrogen and oxygen atoms in total. The van der Waals surface area contributed by atoms with Crippen molar-refractivity contribution < 1.29 is 9.84 Å². The summed E-state index contributed by atoms with van der Waals surface area (Å²) in [7, 11) is 1.62. The molecule has 2 heteroatoms. The molecule has 1 atom stereocenters. The van der Waals surface area contributed by atoms with Gasteiger partial charge in [0.2, 0.25) is 0 Å². The summed E-state index contributed by atoms with van der Waals surface area (Å²) < 4.78 is 5.30. The summed E-state index contributed by atoms with van der Waals surface area (Å²) in [4.78, 5) is 0. The standard InChI is InChI=1S/C16H18O2/c1-11-8-9-12(2)14(10-11)16(17)13-6-4-5-7-15(13)18-3/h4-10,16-17H,1-3H3. The zero-order chi connectivity index (χ0) is 13.1. The summed E-state index contributed by atoms with van der Waals surface area (Å²) in [6.45, 7) is 4.03. The predicted molar refractivity (Wildman–Crippen MR) is 73.0 cm³/mol. The highest BCUT2D eigenvalue weighted by Crippen LogP contribution is 2.31. The maximum Gasteiger partial charge on any atom is 0.125 e. The molecule has 0 radical (unpaired) electrons. The molecule has 0 aromatic heterocycles. The molecule has 0 bridgehead atoms. The maximum atomic E-state index is 10.5. The van der Waals surface area contributed by atoms with Crippen LogP contribution in [0.2, 0.25) is 0 Å². The molecule has 1 unspecified atom stereocenters. The van der Waals surface area contributed by atoms with Gasteiger partial charge in [0.25, 0.3) is 0 Å². The first-order chi connectivity index (χ1) is 8.63. The first kappa shape index (κ1) is 12.7. The van der Waals surface area contributed by atoms with E-state index in [1.807, 2.05) is 56.3 Å². The molecule has 0 saturated heterocycles. The number of aliphatic hydroxyl groups is 1. The fraction of sp³-hybridized carbons (Fsp3) is 0.250. The van der Waals surface area contributed by atoms with Gasteiger partial charge >= 0.3 is 0 Å². The summed E-state index contributed by atoms with van der Waals surface area (Å²) >= 11 is 0. The molecular formula is C16H18O2. The van der Waals surface area contributed by atoms with E-state index in [1.54, 1.807) is 7.11 Å². The number of aryl methyl sites for hydroxylation is 2. The molecule has 2 aromatic rings. The average Bonchev–Trinajstić information content (AvgIpc) is 2.40. The van der Waals surface area contributed by atoms with Gasteiger partial charge in [-0.25, -0.2) is 0 Å². The van der Waals surface area contributed by atoms with Crippen molar-refractivity contribution >= 4 is 0 Å². The van der Waals surface area contributed by atoms with Crippen molar-refractivity contribution in [1.82, 2.24) is 0 Å². The highest BCUT2D eigenvalue weighted by molar-refractivity contribution is 5.43. The Morgan fingerprint density at radius 1 is 1.00 bits per heavy atom. The summed E-state index contributed by atoms with van der Waals surface area (Å²) in [5.41, 5.74) is 3.96. The van der Waals surface area contributed by atoms with Crippen LogP contribution in [0.15, 0.2) is 42.5 Å². The summed E-state index contributed by atoms with van der Waals surface area (Å²) in [6, 6.07) is 13.7. The second-order valence-electron chi connectivity index (χ2n) is 4.50. The average molecular weight is 242 g/mol. The maximum absolute atomic E-state index is 10.5. The second-order valence-corrected chi connectivity index (χ2v) is 4.50. The zero-order valence-corrected chi connectivity index (χ0v) is 11.0. The summed E-state index contributed by atoms with van der Waals surface area (Å²) in [6.07, 6.45) is -0.652. The molecule has 0 fully saturated rings. The fourth-order valence-electron chi connectivity index (χ4n) is 2.11. The van der Waals surface area contributed by atoms with E-state index in [-0.39, 0.29) is 0 Å². The van der Waals surface area contributed by atoms with E-state index >= 15 is 0 Å². The quantitative estimate of drug-likeness (QED) is 0.894. The van der Waals surface area contributed by atoms with Gasteiger partial charge in [-0.15, -0.1) is 0 Å². The minimum Gasteiger partial charge on any atom is -0.496 e. The molecule has 94 valence electrons. The third-order valence-corrected chi connectivity index (χ3v) is 3.16. The predicted octanol–water partition coefficient (Wildman–Crippen LogP) is 3.39. The molecule has 0 aliphatic heterocycles. The van der Waals surface area contributed by atoms with Gasteiger partial charge < -0.3 is 9.84 Å². The lowest BCUT2D eigenvalue weighted by atomic mass is 9.95. The van der Waals surface area contributed by atoms with Crippen molar-refractivity contribution in [3.05, 3.63) is 64.7 Å². The lowest BCUT2D eigenvalue weighted by molar-refractivity contribution is 0.214. The van der Waals surface area contributed by atoms with E-state index < -0.39 is 6.10 Å². The second kappa shape index (κ2) is 5.23. The highest BCUT2D eigenvalue weighted by Gasteiger charge is 2.16. The number of aliphatic hydroxyl groups excluding tert-OH is 1. The van der Waals surface area contributed by atoms with Crippen LogP contribution in [0.5, 0.6) is 5.75 Å². The van der Waals surface area contributed by atoms with Crippen molar-refractivity contribution in [3.63, 3.8) is 0 Å². The van der Waals surface area contributed by atoms with Gasteiger partial charge in [0.1, 0.15) is 11.9 Å². The van der Waals surface area contributed by atoms with Crippen LogP contribution in [-0.4, -0.2) is 12.2 Å². The summed E-state index contributed by atoms with van der Waals surface area (Å²) in [5, 5.41) is 10.5. The van der Waals surface area contributed by atoms with Gasteiger partial charge in [-0.05, 0) is 31.0 Å². The number of rotatable bonds is 3. The van der Waals surface area contributed by atoms with Crippen molar-refractivity contribution in [2.24, 2.45) is 0 Å². The van der Waals surface area contributed by atoms with Gasteiger partial charge in [0.05, 0.1) is 7.11 Å². The molecule has 2 aromatic carbocycles.